The Morgan fingerprint density at radius 1 is 1.45 bits per heavy atom. The predicted molar refractivity (Wildman–Crippen MR) is 111 cm³/mol. The summed E-state index contributed by atoms with van der Waals surface area (Å²) < 4.78 is 43.4. The molecule has 0 radical (unpaired) electrons. The van der Waals surface area contributed by atoms with E-state index in [0.717, 1.165) is 6.07 Å². The number of terminal acetylenes is 1. The molecule has 1 aliphatic rings. The van der Waals surface area contributed by atoms with Gasteiger partial charge >= 0.3 is 6.61 Å². The van der Waals surface area contributed by atoms with E-state index in [1.807, 2.05) is 0 Å². The minimum Gasteiger partial charge on any atom is -0.379 e. The lowest BCUT2D eigenvalue weighted by Gasteiger charge is -2.33. The number of nitrogens with zero attached hydrogens (tertiary/aromatic N) is 3. The molecular weight excluding hydrogens is 429 g/mol. The molecule has 2 atom stereocenters. The zero-order valence-electron chi connectivity index (χ0n) is 16.5. The zero-order valence-corrected chi connectivity index (χ0v) is 17.3. The fraction of sp³-hybridized carbons (Fsp3) is 0.333. The Labute approximate surface area is 181 Å². The molecular formula is C21H19F3N4O2S. The number of halogens is 3. The van der Waals surface area contributed by atoms with Gasteiger partial charge in [0, 0.05) is 29.6 Å². The van der Waals surface area contributed by atoms with Crippen LogP contribution in [0.1, 0.15) is 40.7 Å². The van der Waals surface area contributed by atoms with Crippen molar-refractivity contribution in [2.45, 2.75) is 37.2 Å². The van der Waals surface area contributed by atoms with Crippen LogP contribution in [-0.2, 0) is 16.7 Å². The third-order valence-corrected chi connectivity index (χ3v) is 5.66. The molecule has 2 N–H and O–H groups in total. The molecule has 1 aliphatic heterocycles. The molecule has 0 aromatic carbocycles. The fourth-order valence-corrected chi connectivity index (χ4v) is 4.43. The van der Waals surface area contributed by atoms with E-state index in [0.29, 0.717) is 17.7 Å². The third-order valence-electron chi connectivity index (χ3n) is 4.69. The predicted octanol–water partition coefficient (Wildman–Crippen LogP) is 3.30. The van der Waals surface area contributed by atoms with Gasteiger partial charge in [-0.05, 0) is 37.1 Å². The first-order chi connectivity index (χ1) is 14.7. The highest BCUT2D eigenvalue weighted by molar-refractivity contribution is 8.14. The van der Waals surface area contributed by atoms with Crippen LogP contribution in [0, 0.1) is 18.2 Å². The Morgan fingerprint density at radius 3 is 2.90 bits per heavy atom. The number of Topliss-reactive ketones (excluding diaryl/α,β-unsaturated/α-hetero) is 1. The highest BCUT2D eigenvalue weighted by Crippen LogP contribution is 2.38. The van der Waals surface area contributed by atoms with Gasteiger partial charge in [-0.15, -0.1) is 6.42 Å². The summed E-state index contributed by atoms with van der Waals surface area (Å²) in [4.78, 5) is 25.2. The van der Waals surface area contributed by atoms with E-state index in [1.54, 1.807) is 19.1 Å². The van der Waals surface area contributed by atoms with E-state index in [-0.39, 0.29) is 34.7 Å². The number of hydrogen-bond acceptors (Lipinski definition) is 7. The molecule has 2 aromatic heterocycles. The van der Waals surface area contributed by atoms with Crippen molar-refractivity contribution in [2.75, 3.05) is 6.61 Å². The minimum absolute atomic E-state index is 0.114. The molecule has 0 fully saturated rings. The lowest BCUT2D eigenvalue weighted by molar-refractivity contribution is -0.128. The summed E-state index contributed by atoms with van der Waals surface area (Å²) >= 11 is 1.17. The number of carbonyl (C=O) groups excluding carboxylic acids is 1. The summed E-state index contributed by atoms with van der Waals surface area (Å²) in [5, 5.41) is -0.101. The van der Waals surface area contributed by atoms with Gasteiger partial charge < -0.3 is 10.5 Å². The smallest absolute Gasteiger partial charge is 0.345 e. The van der Waals surface area contributed by atoms with Crippen LogP contribution in [0.2, 0.25) is 0 Å². The van der Waals surface area contributed by atoms with Crippen molar-refractivity contribution in [3.8, 4) is 12.3 Å². The van der Waals surface area contributed by atoms with Crippen molar-refractivity contribution in [3.63, 3.8) is 0 Å². The van der Waals surface area contributed by atoms with Gasteiger partial charge in [-0.25, -0.2) is 14.4 Å². The second-order valence-corrected chi connectivity index (χ2v) is 8.43. The maximum absolute atomic E-state index is 14.1. The van der Waals surface area contributed by atoms with E-state index in [9.17, 15) is 18.0 Å². The fourth-order valence-electron chi connectivity index (χ4n) is 3.28. The molecule has 0 saturated heterocycles. The summed E-state index contributed by atoms with van der Waals surface area (Å²) in [6.45, 7) is -1.28. The lowest BCUT2D eigenvalue weighted by atomic mass is 9.90. The average Bonchev–Trinajstić information content (AvgIpc) is 2.71. The molecule has 162 valence electrons. The van der Waals surface area contributed by atoms with Crippen LogP contribution in [0.15, 0.2) is 35.6 Å². The number of aliphatic imine (C=N–C) groups is 1. The molecule has 31 heavy (non-hydrogen) atoms. The molecule has 2 aromatic rings. The van der Waals surface area contributed by atoms with Gasteiger partial charge in [-0.1, -0.05) is 17.7 Å². The molecule has 0 bridgehead atoms. The Kier molecular flexibility index (Phi) is 6.97. The van der Waals surface area contributed by atoms with Gasteiger partial charge in [0.05, 0.1) is 12.3 Å². The minimum atomic E-state index is -2.87. The zero-order chi connectivity index (χ0) is 22.6. The number of aromatic nitrogens is 2. The quantitative estimate of drug-likeness (QED) is 0.516. The molecule has 0 saturated carbocycles. The van der Waals surface area contributed by atoms with Crippen molar-refractivity contribution in [3.05, 3.63) is 58.9 Å². The van der Waals surface area contributed by atoms with Crippen LogP contribution in [0.3, 0.4) is 0 Å². The number of nitrogens with two attached hydrogens (primary N) is 1. The summed E-state index contributed by atoms with van der Waals surface area (Å²) in [5.74, 6) is 0.950. The number of rotatable bonds is 7. The Balaban J connectivity index is 1.80. The first-order valence-electron chi connectivity index (χ1n) is 9.22. The second kappa shape index (κ2) is 9.49. The van der Waals surface area contributed by atoms with Crippen LogP contribution in [0.25, 0.3) is 0 Å². The lowest BCUT2D eigenvalue weighted by Crippen LogP contribution is -2.36. The standard InChI is InChI=1S/C21H19F3N4O2S/c1-3-12-6-15(22)18(27-10-12)16(29)7-13-4-5-26-17(8-13)21(2)9-14(11-30-19(23)24)31-20(25)28-21/h1,4-6,8,10,14,19H,7,9,11H2,2H3,(H2,25,28)/t14-,21-/m0/s1. The number of carbonyl (C=O) groups is 1. The van der Waals surface area contributed by atoms with Crippen LogP contribution in [0.4, 0.5) is 13.2 Å². The number of ketones is 1. The largest absolute Gasteiger partial charge is 0.379 e. The van der Waals surface area contributed by atoms with Crippen LogP contribution >= 0.6 is 11.8 Å². The molecule has 6 nitrogen and oxygen atoms in total. The van der Waals surface area contributed by atoms with Gasteiger partial charge in [-0.3, -0.25) is 9.78 Å². The monoisotopic (exact) mass is 448 g/mol. The van der Waals surface area contributed by atoms with Crippen LogP contribution < -0.4 is 5.73 Å². The molecule has 10 heteroatoms. The number of pyridine rings is 2. The topological polar surface area (TPSA) is 90.5 Å². The number of amidine groups is 1. The van der Waals surface area contributed by atoms with E-state index < -0.39 is 23.8 Å². The van der Waals surface area contributed by atoms with Crippen molar-refractivity contribution in [1.82, 2.24) is 9.97 Å². The number of alkyl halides is 2. The van der Waals surface area contributed by atoms with Gasteiger partial charge in [0.1, 0.15) is 11.2 Å². The van der Waals surface area contributed by atoms with Crippen LogP contribution in [-0.4, -0.2) is 39.4 Å². The highest BCUT2D eigenvalue weighted by Gasteiger charge is 2.36. The molecule has 3 rings (SSSR count). The Hall–Kier alpha value is -2.90. The molecule has 0 aliphatic carbocycles. The number of thioether (sulfide) groups is 1. The summed E-state index contributed by atoms with van der Waals surface area (Å²) in [6, 6.07) is 4.38. The van der Waals surface area contributed by atoms with Crippen LogP contribution in [0.5, 0.6) is 0 Å². The molecule has 0 spiro atoms. The molecule has 0 unspecified atom stereocenters. The summed E-state index contributed by atoms with van der Waals surface area (Å²) in [5.41, 5.74) is 6.04. The summed E-state index contributed by atoms with van der Waals surface area (Å²) in [6.07, 6.45) is 8.22. The first kappa shape index (κ1) is 22.8. The SMILES string of the molecule is C#Cc1cnc(C(=O)Cc2ccnc([C@]3(C)C[C@@H](COC(F)F)SC(N)=N3)c2)c(F)c1. The first-order valence-corrected chi connectivity index (χ1v) is 10.1. The number of ether oxygens (including phenoxy) is 1. The van der Waals surface area contributed by atoms with Gasteiger partial charge in [0.2, 0.25) is 0 Å². The van der Waals surface area contributed by atoms with Crippen molar-refractivity contribution in [2.24, 2.45) is 10.7 Å². The van der Waals surface area contributed by atoms with Crippen molar-refractivity contribution in [1.29, 1.82) is 0 Å². The molecule has 0 amide bonds. The normalized spacial score (nSPS) is 20.9. The van der Waals surface area contributed by atoms with Crippen molar-refractivity contribution >= 4 is 22.7 Å². The second-order valence-electron chi connectivity index (χ2n) is 7.11. The van der Waals surface area contributed by atoms with Gasteiger partial charge in [0.25, 0.3) is 0 Å². The Morgan fingerprint density at radius 2 is 2.23 bits per heavy atom. The maximum atomic E-state index is 14.1. The number of hydrogen-bond donors (Lipinski definition) is 1. The van der Waals surface area contributed by atoms with Crippen molar-refractivity contribution < 1.29 is 22.7 Å². The van der Waals surface area contributed by atoms with E-state index in [1.165, 1.54) is 24.2 Å². The highest BCUT2D eigenvalue weighted by atomic mass is 32.2. The van der Waals surface area contributed by atoms with Gasteiger partial charge in [-0.2, -0.15) is 8.78 Å². The average molecular weight is 448 g/mol. The summed E-state index contributed by atoms with van der Waals surface area (Å²) in [7, 11) is 0. The maximum Gasteiger partial charge on any atom is 0.345 e. The van der Waals surface area contributed by atoms with E-state index >= 15 is 0 Å². The van der Waals surface area contributed by atoms with Gasteiger partial charge in [0.15, 0.2) is 16.8 Å². The molecule has 3 heterocycles. The Bertz CT molecular complexity index is 1060. The van der Waals surface area contributed by atoms with E-state index in [4.69, 9.17) is 12.2 Å². The third kappa shape index (κ3) is 5.62. The van der Waals surface area contributed by atoms with E-state index in [2.05, 4.69) is 25.6 Å².